The summed E-state index contributed by atoms with van der Waals surface area (Å²) in [4.78, 5) is 35.1. The predicted octanol–water partition coefficient (Wildman–Crippen LogP) is 4.39. The minimum atomic E-state index is -0.547. The second-order valence-corrected chi connectivity index (χ2v) is 8.40. The third-order valence-corrected chi connectivity index (χ3v) is 6.00. The molecule has 2 unspecified atom stereocenters. The van der Waals surface area contributed by atoms with Crippen molar-refractivity contribution in [1.82, 2.24) is 20.2 Å². The van der Waals surface area contributed by atoms with Crippen LogP contribution in [0.2, 0.25) is 10.0 Å². The summed E-state index contributed by atoms with van der Waals surface area (Å²) >= 11 is 12.4. The number of fused-ring (bicyclic) bond motifs is 1. The zero-order valence-corrected chi connectivity index (χ0v) is 19.1. The number of hydrogen-bond acceptors (Lipinski definition) is 4. The molecule has 0 bridgehead atoms. The highest BCUT2D eigenvalue weighted by molar-refractivity contribution is 6.34. The Hall–Kier alpha value is -2.87. The summed E-state index contributed by atoms with van der Waals surface area (Å²) < 4.78 is 5.47. The normalized spacial score (nSPS) is 15.2. The van der Waals surface area contributed by atoms with Crippen LogP contribution in [0.25, 0.3) is 11.0 Å². The van der Waals surface area contributed by atoms with Crippen molar-refractivity contribution in [2.24, 2.45) is 0 Å². The highest BCUT2D eigenvalue weighted by atomic mass is 35.5. The van der Waals surface area contributed by atoms with Crippen LogP contribution in [0, 0.1) is 0 Å². The molecule has 2 amide bonds. The summed E-state index contributed by atoms with van der Waals surface area (Å²) in [6.45, 7) is 2.94. The van der Waals surface area contributed by atoms with E-state index in [1.165, 1.54) is 6.07 Å². The molecular formula is C23H22Cl2N4O3. The van der Waals surface area contributed by atoms with E-state index in [-0.39, 0.29) is 22.9 Å². The fourth-order valence-corrected chi connectivity index (χ4v) is 4.00. The summed E-state index contributed by atoms with van der Waals surface area (Å²) in [5, 5.41) is 3.76. The third-order valence-electron chi connectivity index (χ3n) is 5.45. The van der Waals surface area contributed by atoms with Crippen LogP contribution in [0.15, 0.2) is 48.6 Å². The van der Waals surface area contributed by atoms with Crippen LogP contribution in [0.4, 0.5) is 0 Å². The number of aromatic nitrogens is 2. The predicted molar refractivity (Wildman–Crippen MR) is 124 cm³/mol. The topological polar surface area (TPSA) is 87.3 Å². The molecule has 0 spiro atoms. The first kappa shape index (κ1) is 22.3. The number of imidazole rings is 1. The molecule has 9 heteroatoms. The van der Waals surface area contributed by atoms with E-state index in [1.807, 2.05) is 19.1 Å². The van der Waals surface area contributed by atoms with Crippen molar-refractivity contribution < 1.29 is 14.3 Å². The van der Waals surface area contributed by atoms with Crippen LogP contribution < -0.4 is 5.32 Å². The van der Waals surface area contributed by atoms with E-state index in [1.54, 1.807) is 42.3 Å². The maximum Gasteiger partial charge on any atom is 0.255 e. The van der Waals surface area contributed by atoms with E-state index >= 15 is 0 Å². The van der Waals surface area contributed by atoms with Gasteiger partial charge < -0.3 is 19.9 Å². The molecule has 0 saturated heterocycles. The van der Waals surface area contributed by atoms with E-state index in [4.69, 9.17) is 27.9 Å². The Labute approximate surface area is 195 Å². The molecule has 0 fully saturated rings. The first-order valence-electron chi connectivity index (χ1n) is 10.1. The van der Waals surface area contributed by atoms with Crippen molar-refractivity contribution in [3.8, 4) is 0 Å². The summed E-state index contributed by atoms with van der Waals surface area (Å²) in [6.07, 6.45) is 3.49. The summed E-state index contributed by atoms with van der Waals surface area (Å²) in [5.41, 5.74) is 2.19. The number of carbonyl (C=O) groups is 2. The molecule has 7 nitrogen and oxygen atoms in total. The van der Waals surface area contributed by atoms with E-state index in [0.717, 1.165) is 11.0 Å². The fourth-order valence-electron chi connectivity index (χ4n) is 3.56. The molecule has 0 radical (unpaired) electrons. The van der Waals surface area contributed by atoms with Crippen molar-refractivity contribution in [3.63, 3.8) is 0 Å². The summed E-state index contributed by atoms with van der Waals surface area (Å²) in [7, 11) is 1.56. The second-order valence-electron chi connectivity index (χ2n) is 7.55. The maximum absolute atomic E-state index is 13.0. The van der Waals surface area contributed by atoms with E-state index < -0.39 is 6.04 Å². The average Bonchev–Trinajstić information content (AvgIpc) is 3.46. The number of carbonyl (C=O) groups excluding carboxylic acids is 2. The number of nitrogens with zero attached hydrogens (tertiary/aromatic N) is 2. The van der Waals surface area contributed by atoms with Crippen LogP contribution in [-0.2, 0) is 4.74 Å². The minimum Gasteiger partial charge on any atom is -0.379 e. The highest BCUT2D eigenvalue weighted by Gasteiger charge is 2.26. The number of H-pyrrole nitrogens is 1. The van der Waals surface area contributed by atoms with Crippen molar-refractivity contribution >= 4 is 46.0 Å². The van der Waals surface area contributed by atoms with Gasteiger partial charge in [0.25, 0.3) is 11.8 Å². The van der Waals surface area contributed by atoms with Gasteiger partial charge in [0.2, 0.25) is 0 Å². The number of amides is 2. The Morgan fingerprint density at radius 2 is 1.91 bits per heavy atom. The van der Waals surface area contributed by atoms with E-state index in [0.29, 0.717) is 35.1 Å². The van der Waals surface area contributed by atoms with Crippen molar-refractivity contribution in [1.29, 1.82) is 0 Å². The van der Waals surface area contributed by atoms with Gasteiger partial charge in [-0.1, -0.05) is 35.4 Å². The molecule has 1 aliphatic heterocycles. The second kappa shape index (κ2) is 9.32. The fraction of sp³-hybridized carbons (Fsp3) is 0.261. The molecule has 2 atom stereocenters. The van der Waals surface area contributed by atoms with Gasteiger partial charge in [-0.05, 0) is 43.3 Å². The Balaban J connectivity index is 1.56. The smallest absolute Gasteiger partial charge is 0.255 e. The zero-order valence-electron chi connectivity index (χ0n) is 17.6. The third kappa shape index (κ3) is 4.50. The quantitative estimate of drug-likeness (QED) is 0.520. The first-order valence-corrected chi connectivity index (χ1v) is 10.9. The Morgan fingerprint density at radius 3 is 2.59 bits per heavy atom. The van der Waals surface area contributed by atoms with Crippen molar-refractivity contribution in [2.75, 3.05) is 20.2 Å². The summed E-state index contributed by atoms with van der Waals surface area (Å²) in [6, 6.07) is 9.45. The van der Waals surface area contributed by atoms with E-state index in [9.17, 15) is 9.59 Å². The molecule has 2 heterocycles. The van der Waals surface area contributed by atoms with Crippen LogP contribution in [-0.4, -0.2) is 53.0 Å². The number of ether oxygens (including phenoxy) is 1. The monoisotopic (exact) mass is 472 g/mol. The van der Waals surface area contributed by atoms with Gasteiger partial charge in [0.05, 0.1) is 27.7 Å². The van der Waals surface area contributed by atoms with Gasteiger partial charge in [-0.15, -0.1) is 0 Å². The largest absolute Gasteiger partial charge is 0.379 e. The maximum atomic E-state index is 13.0. The van der Waals surface area contributed by atoms with Gasteiger partial charge in [-0.25, -0.2) is 4.98 Å². The lowest BCUT2D eigenvalue weighted by atomic mass is 10.1. The van der Waals surface area contributed by atoms with Crippen molar-refractivity contribution in [2.45, 2.75) is 19.1 Å². The van der Waals surface area contributed by atoms with Crippen molar-refractivity contribution in [3.05, 3.63) is 75.5 Å². The van der Waals surface area contributed by atoms with Crippen LogP contribution in [0.3, 0.4) is 0 Å². The molecule has 1 aromatic heterocycles. The lowest BCUT2D eigenvalue weighted by Crippen LogP contribution is -2.36. The standard InChI is InChI=1S/C23H22Cl2N4O3/c1-13(32-2)20(21-26-18-8-6-15(24)12-19(18)27-21)28-22(30)14-5-7-16(17(25)11-14)23(31)29-9-3-4-10-29/h3-8,11-13,20H,9-10H2,1-2H3,(H,26,27)(H,28,30). The number of aromatic amines is 1. The van der Waals surface area contributed by atoms with Gasteiger partial charge in [0, 0.05) is 30.8 Å². The molecule has 4 rings (SSSR count). The SMILES string of the molecule is COC(C)C(NC(=O)c1ccc(C(=O)N2CC=CC2)c(Cl)c1)c1nc2ccc(Cl)cc2[nH]1. The zero-order chi connectivity index (χ0) is 22.8. The molecule has 166 valence electrons. The molecule has 1 aliphatic rings. The van der Waals surface area contributed by atoms with Gasteiger partial charge in [-0.3, -0.25) is 9.59 Å². The molecule has 0 saturated carbocycles. The number of nitrogens with one attached hydrogen (secondary N) is 2. The Bertz CT molecular complexity index is 1200. The van der Waals surface area contributed by atoms with Crippen LogP contribution in [0.1, 0.15) is 39.5 Å². The molecule has 3 aromatic rings. The lowest BCUT2D eigenvalue weighted by molar-refractivity contribution is 0.0679. The molecule has 2 aromatic carbocycles. The number of methoxy groups -OCH3 is 1. The van der Waals surface area contributed by atoms with E-state index in [2.05, 4.69) is 15.3 Å². The minimum absolute atomic E-state index is 0.168. The molecule has 2 N–H and O–H groups in total. The van der Waals surface area contributed by atoms with Crippen LogP contribution >= 0.6 is 23.2 Å². The van der Waals surface area contributed by atoms with Gasteiger partial charge in [0.1, 0.15) is 11.9 Å². The van der Waals surface area contributed by atoms with Gasteiger partial charge in [0.15, 0.2) is 0 Å². The molecule has 0 aliphatic carbocycles. The number of hydrogen-bond donors (Lipinski definition) is 2. The lowest BCUT2D eigenvalue weighted by Gasteiger charge is -2.22. The highest BCUT2D eigenvalue weighted by Crippen LogP contribution is 2.25. The number of halogens is 2. The Kier molecular flexibility index (Phi) is 6.50. The van der Waals surface area contributed by atoms with Crippen LogP contribution in [0.5, 0.6) is 0 Å². The average molecular weight is 473 g/mol. The first-order chi connectivity index (χ1) is 15.4. The molecule has 32 heavy (non-hydrogen) atoms. The number of benzene rings is 2. The van der Waals surface area contributed by atoms with Gasteiger partial charge >= 0.3 is 0 Å². The summed E-state index contributed by atoms with van der Waals surface area (Å²) in [5.74, 6) is 0.0179. The van der Waals surface area contributed by atoms with Gasteiger partial charge in [-0.2, -0.15) is 0 Å². The number of rotatable bonds is 6. The molecular weight excluding hydrogens is 451 g/mol. The Morgan fingerprint density at radius 1 is 1.16 bits per heavy atom.